The predicted molar refractivity (Wildman–Crippen MR) is 99.6 cm³/mol. The lowest BCUT2D eigenvalue weighted by molar-refractivity contribution is 0.278. The number of hydrogen-bond acceptors (Lipinski definition) is 4. The van der Waals surface area contributed by atoms with Gasteiger partial charge < -0.3 is 19.9 Å². The van der Waals surface area contributed by atoms with Crippen LogP contribution in [0.25, 0.3) is 0 Å². The lowest BCUT2D eigenvalue weighted by Crippen LogP contribution is -2.17. The van der Waals surface area contributed by atoms with E-state index in [0.717, 1.165) is 34.3 Å². The van der Waals surface area contributed by atoms with E-state index in [-0.39, 0.29) is 6.61 Å². The van der Waals surface area contributed by atoms with Crippen molar-refractivity contribution in [2.75, 3.05) is 20.3 Å². The molecule has 24 heavy (non-hydrogen) atoms. The number of aliphatic hydroxyl groups excluding tert-OH is 1. The average molecular weight is 394 g/mol. The smallest absolute Gasteiger partial charge is 0.167 e. The van der Waals surface area contributed by atoms with E-state index >= 15 is 0 Å². The van der Waals surface area contributed by atoms with Crippen molar-refractivity contribution in [3.63, 3.8) is 0 Å². The molecule has 0 aliphatic rings. The minimum Gasteiger partial charge on any atom is -0.493 e. The summed E-state index contributed by atoms with van der Waals surface area (Å²) in [5.74, 6) is 1.45. The van der Waals surface area contributed by atoms with Gasteiger partial charge in [0.1, 0.15) is 6.61 Å². The molecule has 0 bridgehead atoms. The van der Waals surface area contributed by atoms with Gasteiger partial charge >= 0.3 is 0 Å². The van der Waals surface area contributed by atoms with E-state index in [0.29, 0.717) is 18.9 Å². The lowest BCUT2D eigenvalue weighted by Gasteiger charge is -2.17. The van der Waals surface area contributed by atoms with Crippen molar-refractivity contribution in [2.24, 2.45) is 0 Å². The van der Waals surface area contributed by atoms with Crippen LogP contribution in [0.5, 0.6) is 11.5 Å². The number of nitrogens with one attached hydrogen (secondary N) is 1. The summed E-state index contributed by atoms with van der Waals surface area (Å²) in [6.45, 7) is 4.12. The fourth-order valence-electron chi connectivity index (χ4n) is 2.44. The van der Waals surface area contributed by atoms with Gasteiger partial charge in [-0.3, -0.25) is 0 Å². The van der Waals surface area contributed by atoms with E-state index in [2.05, 4.69) is 46.4 Å². The van der Waals surface area contributed by atoms with Crippen LogP contribution >= 0.6 is 15.9 Å². The molecule has 0 saturated heterocycles. The number of aryl methyl sites for hydroxylation is 1. The Kier molecular flexibility index (Phi) is 7.56. The first kappa shape index (κ1) is 18.8. The molecule has 0 unspecified atom stereocenters. The second-order valence-electron chi connectivity index (χ2n) is 5.59. The summed E-state index contributed by atoms with van der Waals surface area (Å²) >= 11 is 3.59. The van der Waals surface area contributed by atoms with Crippen LogP contribution in [-0.2, 0) is 13.2 Å². The largest absolute Gasteiger partial charge is 0.493 e. The molecule has 2 rings (SSSR count). The van der Waals surface area contributed by atoms with Crippen molar-refractivity contribution >= 4 is 15.9 Å². The Hall–Kier alpha value is -1.56. The maximum atomic E-state index is 8.89. The lowest BCUT2D eigenvalue weighted by atomic mass is 10.1. The van der Waals surface area contributed by atoms with Gasteiger partial charge in [0.15, 0.2) is 11.5 Å². The van der Waals surface area contributed by atoms with Gasteiger partial charge in [0.25, 0.3) is 0 Å². The fraction of sp³-hybridized carbons (Fsp3) is 0.368. The summed E-state index contributed by atoms with van der Waals surface area (Å²) in [5, 5.41) is 12.2. The van der Waals surface area contributed by atoms with Crippen LogP contribution < -0.4 is 14.8 Å². The predicted octanol–water partition coefficient (Wildman–Crippen LogP) is 3.82. The standard InChI is InChI=1S/C19H24BrNO3/c1-14-5-3-6-15(11-14)13-24-19-16(12-21-9-4-10-22)17(20)7-8-18(19)23-2/h3,5-8,11,21-22H,4,9-10,12-13H2,1-2H3. The number of methoxy groups -OCH3 is 1. The van der Waals surface area contributed by atoms with Crippen molar-refractivity contribution in [1.82, 2.24) is 5.32 Å². The normalized spacial score (nSPS) is 10.7. The topological polar surface area (TPSA) is 50.7 Å². The van der Waals surface area contributed by atoms with Crippen LogP contribution in [0.2, 0.25) is 0 Å². The maximum absolute atomic E-state index is 8.89. The quantitative estimate of drug-likeness (QED) is 0.635. The highest BCUT2D eigenvalue weighted by molar-refractivity contribution is 9.10. The van der Waals surface area contributed by atoms with Crippen LogP contribution in [0.1, 0.15) is 23.1 Å². The molecule has 0 atom stereocenters. The molecule has 0 aromatic heterocycles. The Balaban J connectivity index is 2.17. The van der Waals surface area contributed by atoms with Crippen molar-refractivity contribution < 1.29 is 14.6 Å². The minimum atomic E-state index is 0.184. The Labute approximate surface area is 151 Å². The molecule has 0 spiro atoms. The van der Waals surface area contributed by atoms with Gasteiger partial charge in [0, 0.05) is 23.2 Å². The molecule has 0 saturated carbocycles. The van der Waals surface area contributed by atoms with E-state index in [1.165, 1.54) is 5.56 Å². The minimum absolute atomic E-state index is 0.184. The Morgan fingerprint density at radius 3 is 2.75 bits per heavy atom. The van der Waals surface area contributed by atoms with Crippen LogP contribution in [0, 0.1) is 6.92 Å². The molecule has 0 radical (unpaired) electrons. The van der Waals surface area contributed by atoms with Gasteiger partial charge in [-0.1, -0.05) is 45.8 Å². The third-order valence-electron chi connectivity index (χ3n) is 3.67. The zero-order valence-electron chi connectivity index (χ0n) is 14.1. The third kappa shape index (κ3) is 5.23. The molecule has 2 aromatic carbocycles. The van der Waals surface area contributed by atoms with Gasteiger partial charge in [-0.05, 0) is 37.6 Å². The number of aliphatic hydroxyl groups is 1. The van der Waals surface area contributed by atoms with E-state index in [1.807, 2.05) is 18.2 Å². The molecular formula is C19H24BrNO3. The molecule has 2 N–H and O–H groups in total. The number of benzene rings is 2. The zero-order chi connectivity index (χ0) is 17.4. The van der Waals surface area contributed by atoms with Gasteiger partial charge in [0.05, 0.1) is 7.11 Å². The van der Waals surface area contributed by atoms with Crippen LogP contribution in [0.4, 0.5) is 0 Å². The highest BCUT2D eigenvalue weighted by Crippen LogP contribution is 2.36. The zero-order valence-corrected chi connectivity index (χ0v) is 15.7. The van der Waals surface area contributed by atoms with Crippen molar-refractivity contribution in [1.29, 1.82) is 0 Å². The van der Waals surface area contributed by atoms with Crippen molar-refractivity contribution in [2.45, 2.75) is 26.5 Å². The second kappa shape index (κ2) is 9.67. The summed E-state index contributed by atoms with van der Waals surface area (Å²) in [7, 11) is 1.64. The Morgan fingerprint density at radius 1 is 1.21 bits per heavy atom. The summed E-state index contributed by atoms with van der Waals surface area (Å²) in [6.07, 6.45) is 0.723. The average Bonchev–Trinajstić information content (AvgIpc) is 2.58. The van der Waals surface area contributed by atoms with Crippen molar-refractivity contribution in [3.8, 4) is 11.5 Å². The van der Waals surface area contributed by atoms with E-state index in [9.17, 15) is 0 Å². The van der Waals surface area contributed by atoms with Crippen LogP contribution in [0.15, 0.2) is 40.9 Å². The summed E-state index contributed by atoms with van der Waals surface area (Å²) in [5.41, 5.74) is 3.35. The molecule has 4 nitrogen and oxygen atoms in total. The molecule has 5 heteroatoms. The molecule has 0 aliphatic heterocycles. The highest BCUT2D eigenvalue weighted by Gasteiger charge is 2.14. The first-order valence-electron chi connectivity index (χ1n) is 8.01. The molecule has 130 valence electrons. The van der Waals surface area contributed by atoms with Gasteiger partial charge in [0.2, 0.25) is 0 Å². The monoisotopic (exact) mass is 393 g/mol. The van der Waals surface area contributed by atoms with Crippen LogP contribution in [-0.4, -0.2) is 25.4 Å². The van der Waals surface area contributed by atoms with E-state index in [1.54, 1.807) is 7.11 Å². The molecule has 0 aliphatic carbocycles. The molecule has 0 fully saturated rings. The summed E-state index contributed by atoms with van der Waals surface area (Å²) in [4.78, 5) is 0. The fourth-order valence-corrected chi connectivity index (χ4v) is 2.89. The SMILES string of the molecule is COc1ccc(Br)c(CNCCCO)c1OCc1cccc(C)c1. The summed E-state index contributed by atoms with van der Waals surface area (Å²) in [6, 6.07) is 12.1. The second-order valence-corrected chi connectivity index (χ2v) is 6.44. The number of hydrogen-bond donors (Lipinski definition) is 2. The van der Waals surface area contributed by atoms with Gasteiger partial charge in [-0.15, -0.1) is 0 Å². The number of rotatable bonds is 9. The summed E-state index contributed by atoms with van der Waals surface area (Å²) < 4.78 is 12.5. The molecule has 2 aromatic rings. The molecule has 0 heterocycles. The molecular weight excluding hydrogens is 370 g/mol. The Morgan fingerprint density at radius 2 is 2.04 bits per heavy atom. The Bertz CT molecular complexity index is 661. The van der Waals surface area contributed by atoms with E-state index < -0.39 is 0 Å². The first-order valence-corrected chi connectivity index (χ1v) is 8.80. The van der Waals surface area contributed by atoms with Crippen LogP contribution in [0.3, 0.4) is 0 Å². The number of halogens is 1. The molecule has 0 amide bonds. The van der Waals surface area contributed by atoms with Gasteiger partial charge in [-0.2, -0.15) is 0 Å². The maximum Gasteiger partial charge on any atom is 0.167 e. The van der Waals surface area contributed by atoms with Gasteiger partial charge in [-0.25, -0.2) is 0 Å². The third-order valence-corrected chi connectivity index (χ3v) is 4.41. The van der Waals surface area contributed by atoms with Crippen molar-refractivity contribution in [3.05, 3.63) is 57.6 Å². The number of ether oxygens (including phenoxy) is 2. The van der Waals surface area contributed by atoms with E-state index in [4.69, 9.17) is 14.6 Å². The first-order chi connectivity index (χ1) is 11.7. The highest BCUT2D eigenvalue weighted by atomic mass is 79.9.